The maximum atomic E-state index is 12.8. The summed E-state index contributed by atoms with van der Waals surface area (Å²) in [4.78, 5) is 0. The van der Waals surface area contributed by atoms with Gasteiger partial charge in [-0.3, -0.25) is 0 Å². The molecule has 1 rings (SSSR count). The first kappa shape index (κ1) is 12.1. The molecule has 0 spiro atoms. The highest BCUT2D eigenvalue weighted by Gasteiger charge is 2.06. The van der Waals surface area contributed by atoms with Gasteiger partial charge < -0.3 is 11.6 Å². The average Bonchev–Trinajstić information content (AvgIpc) is 2.03. The average molecular weight is 299 g/mol. The van der Waals surface area contributed by atoms with Crippen molar-refractivity contribution in [3.05, 3.63) is 35.4 Å². The molecule has 0 fully saturated rings. The highest BCUT2D eigenvalue weighted by Crippen LogP contribution is 2.08. The highest BCUT2D eigenvalue weighted by atomic mass is 127. The Kier molecular flexibility index (Phi) is 4.60. The molecule has 0 radical (unpaired) electrons. The van der Waals surface area contributed by atoms with Crippen LogP contribution in [0, 0.1) is 11.6 Å². The second-order valence-corrected chi connectivity index (χ2v) is 2.14. The van der Waals surface area contributed by atoms with Crippen molar-refractivity contribution in [2.24, 2.45) is 16.7 Å². The van der Waals surface area contributed by atoms with Crippen molar-refractivity contribution >= 4 is 29.8 Å². The van der Waals surface area contributed by atoms with Crippen molar-refractivity contribution in [3.8, 4) is 0 Å². The molecule has 0 saturated heterocycles. The van der Waals surface area contributed by atoms with Crippen LogP contribution in [0.4, 0.5) is 8.78 Å². The summed E-state index contributed by atoms with van der Waals surface area (Å²) in [5.41, 5.74) is 5.21. The maximum absolute atomic E-state index is 12.8. The zero-order chi connectivity index (χ0) is 9.14. The van der Waals surface area contributed by atoms with Crippen LogP contribution >= 0.6 is 24.0 Å². The normalized spacial score (nSPS) is 10.8. The smallest absolute Gasteiger partial charge is 0.153 e. The molecule has 0 aliphatic rings. The van der Waals surface area contributed by atoms with Crippen LogP contribution in [0.2, 0.25) is 0 Å². The summed E-state index contributed by atoms with van der Waals surface area (Å²) >= 11 is 0. The minimum Gasteiger partial charge on any atom is -0.382 e. The monoisotopic (exact) mass is 299 g/mol. The van der Waals surface area contributed by atoms with E-state index in [4.69, 9.17) is 11.6 Å². The predicted molar refractivity (Wildman–Crippen MR) is 56.7 cm³/mol. The summed E-state index contributed by atoms with van der Waals surface area (Å²) in [6.07, 6.45) is 0. The third-order valence-electron chi connectivity index (χ3n) is 1.35. The molecular formula is C7H8F2IN3. The Morgan fingerprint density at radius 1 is 1.31 bits per heavy atom. The number of hydrogen-bond donors (Lipinski definition) is 2. The van der Waals surface area contributed by atoms with Gasteiger partial charge in [0.2, 0.25) is 0 Å². The van der Waals surface area contributed by atoms with Gasteiger partial charge in [0, 0.05) is 6.07 Å². The molecule has 1 aromatic carbocycles. The van der Waals surface area contributed by atoms with Crippen LogP contribution in [0.15, 0.2) is 23.3 Å². The maximum Gasteiger partial charge on any atom is 0.153 e. The predicted octanol–water partition coefficient (Wildman–Crippen LogP) is 1.16. The van der Waals surface area contributed by atoms with E-state index < -0.39 is 11.6 Å². The second-order valence-electron chi connectivity index (χ2n) is 2.14. The Balaban J connectivity index is 0.00000144. The summed E-state index contributed by atoms with van der Waals surface area (Å²) in [5.74, 6) is 3.21. The van der Waals surface area contributed by atoms with Crippen LogP contribution in [-0.2, 0) is 0 Å². The summed E-state index contributed by atoms with van der Waals surface area (Å²) in [6, 6.07) is 2.97. The van der Waals surface area contributed by atoms with Crippen molar-refractivity contribution in [1.82, 2.24) is 0 Å². The second kappa shape index (κ2) is 4.95. The lowest BCUT2D eigenvalue weighted by atomic mass is 10.2. The van der Waals surface area contributed by atoms with Crippen LogP contribution < -0.4 is 11.6 Å². The van der Waals surface area contributed by atoms with Crippen molar-refractivity contribution in [3.63, 3.8) is 0 Å². The third kappa shape index (κ3) is 2.79. The van der Waals surface area contributed by atoms with E-state index in [0.717, 1.165) is 6.07 Å². The molecule has 3 nitrogen and oxygen atoms in total. The number of nitrogens with zero attached hydrogens (tertiary/aromatic N) is 1. The van der Waals surface area contributed by atoms with E-state index in [9.17, 15) is 8.78 Å². The number of hydrazone groups is 1. The number of rotatable bonds is 1. The lowest BCUT2D eigenvalue weighted by molar-refractivity contribution is 0.581. The Bertz CT molecular complexity index is 328. The van der Waals surface area contributed by atoms with Crippen molar-refractivity contribution in [2.75, 3.05) is 0 Å². The molecule has 13 heavy (non-hydrogen) atoms. The molecule has 6 heteroatoms. The summed E-state index contributed by atoms with van der Waals surface area (Å²) < 4.78 is 25.2. The van der Waals surface area contributed by atoms with Gasteiger partial charge in [-0.15, -0.1) is 24.0 Å². The van der Waals surface area contributed by atoms with Crippen LogP contribution in [0.1, 0.15) is 5.56 Å². The van der Waals surface area contributed by atoms with Crippen LogP contribution in [0.25, 0.3) is 0 Å². The fraction of sp³-hybridized carbons (Fsp3) is 0. The molecule has 72 valence electrons. The molecule has 0 aromatic heterocycles. The van der Waals surface area contributed by atoms with Crippen molar-refractivity contribution in [1.29, 1.82) is 0 Å². The van der Waals surface area contributed by atoms with Crippen molar-refractivity contribution < 1.29 is 8.78 Å². The summed E-state index contributed by atoms with van der Waals surface area (Å²) in [5, 5.41) is 3.08. The van der Waals surface area contributed by atoms with Gasteiger partial charge in [-0.25, -0.2) is 8.78 Å². The van der Waals surface area contributed by atoms with Gasteiger partial charge >= 0.3 is 0 Å². The van der Waals surface area contributed by atoms with Gasteiger partial charge in [0.25, 0.3) is 0 Å². The van der Waals surface area contributed by atoms with Crippen LogP contribution in [-0.4, -0.2) is 5.84 Å². The lowest BCUT2D eigenvalue weighted by Crippen LogP contribution is -2.17. The molecule has 1 aromatic rings. The Morgan fingerprint density at radius 3 is 2.38 bits per heavy atom. The van der Waals surface area contributed by atoms with E-state index >= 15 is 0 Å². The van der Waals surface area contributed by atoms with E-state index in [-0.39, 0.29) is 35.4 Å². The fourth-order valence-electron chi connectivity index (χ4n) is 0.767. The molecular weight excluding hydrogens is 291 g/mol. The van der Waals surface area contributed by atoms with Crippen LogP contribution in [0.3, 0.4) is 0 Å². The van der Waals surface area contributed by atoms with Gasteiger partial charge in [-0.1, -0.05) is 0 Å². The summed E-state index contributed by atoms with van der Waals surface area (Å²) in [6.45, 7) is 0. The van der Waals surface area contributed by atoms with Gasteiger partial charge in [-0.2, -0.15) is 5.10 Å². The Morgan fingerprint density at radius 2 is 1.92 bits per heavy atom. The lowest BCUT2D eigenvalue weighted by Gasteiger charge is -1.99. The Hall–Kier alpha value is -0.920. The molecule has 0 saturated carbocycles. The third-order valence-corrected chi connectivity index (χ3v) is 1.35. The molecule has 0 unspecified atom stereocenters. The number of benzene rings is 1. The van der Waals surface area contributed by atoms with Crippen molar-refractivity contribution in [2.45, 2.75) is 0 Å². The Labute approximate surface area is 90.8 Å². The highest BCUT2D eigenvalue weighted by molar-refractivity contribution is 14.0. The number of nitrogens with two attached hydrogens (primary N) is 2. The van der Waals surface area contributed by atoms with E-state index in [0.29, 0.717) is 6.07 Å². The first-order chi connectivity index (χ1) is 5.65. The molecule has 0 bridgehead atoms. The minimum absolute atomic E-state index is 0. The molecule has 0 aliphatic heterocycles. The van der Waals surface area contributed by atoms with E-state index in [1.54, 1.807) is 0 Å². The molecule has 0 amide bonds. The SMILES string of the molecule is I.NN=C(N)c1ccc(F)cc1F. The minimum atomic E-state index is -0.776. The van der Waals surface area contributed by atoms with E-state index in [1.807, 2.05) is 0 Å². The first-order valence-electron chi connectivity index (χ1n) is 3.14. The standard InChI is InChI=1S/C7H7F2N3.HI/c8-4-1-2-5(6(9)3-4)7(10)12-11;/h1-3H,11H2,(H2,10,12);1H. The molecule has 0 aliphatic carbocycles. The van der Waals surface area contributed by atoms with Gasteiger partial charge in [0.1, 0.15) is 11.6 Å². The number of halogens is 3. The number of hydrogen-bond acceptors (Lipinski definition) is 2. The van der Waals surface area contributed by atoms with E-state index in [2.05, 4.69) is 5.10 Å². The van der Waals surface area contributed by atoms with Gasteiger partial charge in [-0.05, 0) is 12.1 Å². The van der Waals surface area contributed by atoms with E-state index in [1.165, 1.54) is 6.07 Å². The topological polar surface area (TPSA) is 64.4 Å². The van der Waals surface area contributed by atoms with Crippen LogP contribution in [0.5, 0.6) is 0 Å². The van der Waals surface area contributed by atoms with Gasteiger partial charge in [0.05, 0.1) is 5.56 Å². The molecule has 4 N–H and O–H groups in total. The first-order valence-corrected chi connectivity index (χ1v) is 3.14. The zero-order valence-corrected chi connectivity index (χ0v) is 8.83. The largest absolute Gasteiger partial charge is 0.382 e. The molecule has 0 heterocycles. The number of amidine groups is 1. The fourth-order valence-corrected chi connectivity index (χ4v) is 0.767. The quantitative estimate of drug-likeness (QED) is 0.269. The zero-order valence-electron chi connectivity index (χ0n) is 6.50. The molecule has 0 atom stereocenters. The summed E-state index contributed by atoms with van der Waals surface area (Å²) in [7, 11) is 0. The van der Waals surface area contributed by atoms with Gasteiger partial charge in [0.15, 0.2) is 5.84 Å².